The van der Waals surface area contributed by atoms with E-state index in [0.717, 1.165) is 5.56 Å². The van der Waals surface area contributed by atoms with E-state index in [4.69, 9.17) is 16.3 Å². The van der Waals surface area contributed by atoms with Crippen molar-refractivity contribution in [1.82, 2.24) is 10.3 Å². The number of benzene rings is 2. The number of nitrogens with one attached hydrogen (secondary N) is 2. The van der Waals surface area contributed by atoms with E-state index in [0.29, 0.717) is 52.7 Å². The maximum atomic E-state index is 15.5. The monoisotopic (exact) mass is 455 g/mol. The predicted octanol–water partition coefficient (Wildman–Crippen LogP) is 5.05. The molecule has 0 unspecified atom stereocenters. The van der Waals surface area contributed by atoms with Gasteiger partial charge in [-0.3, -0.25) is 10.1 Å². The fourth-order valence-electron chi connectivity index (χ4n) is 3.22. The number of ether oxygens (including phenoxy) is 1. The van der Waals surface area contributed by atoms with Crippen molar-refractivity contribution >= 4 is 29.2 Å². The normalized spacial score (nSPS) is 10.5. The number of pyridine rings is 1. The first-order chi connectivity index (χ1) is 15.4. The molecule has 2 amide bonds. The smallest absolute Gasteiger partial charge is 0.320 e. The summed E-state index contributed by atoms with van der Waals surface area (Å²) in [5.41, 5.74) is 2.59. The molecule has 1 aromatic heterocycles. The Hall–Kier alpha value is -3.45. The molecular weight excluding hydrogens is 433 g/mol. The fraction of sp³-hybridized carbons (Fsp3) is 0.208. The third kappa shape index (κ3) is 5.62. The van der Waals surface area contributed by atoms with Gasteiger partial charge >= 0.3 is 6.03 Å². The Bertz CT molecular complexity index is 1120. The van der Waals surface area contributed by atoms with E-state index >= 15 is 4.39 Å². The molecule has 2 N–H and O–H groups in total. The summed E-state index contributed by atoms with van der Waals surface area (Å²) in [6.45, 7) is 1.82. The van der Waals surface area contributed by atoms with Crippen LogP contribution in [-0.2, 0) is 6.42 Å². The average Bonchev–Trinajstić information content (AvgIpc) is 2.80. The van der Waals surface area contributed by atoms with Crippen molar-refractivity contribution in [3.05, 3.63) is 77.2 Å². The highest BCUT2D eigenvalue weighted by atomic mass is 35.5. The zero-order valence-electron chi connectivity index (χ0n) is 17.7. The maximum Gasteiger partial charge on any atom is 0.320 e. The zero-order valence-corrected chi connectivity index (χ0v) is 18.5. The largest absolute Gasteiger partial charge is 0.496 e. The van der Waals surface area contributed by atoms with Crippen LogP contribution < -0.4 is 15.4 Å². The van der Waals surface area contributed by atoms with E-state index in [-0.39, 0.29) is 5.78 Å². The van der Waals surface area contributed by atoms with Crippen molar-refractivity contribution in [3.63, 3.8) is 0 Å². The summed E-state index contributed by atoms with van der Waals surface area (Å²) >= 11 is 5.54. The molecule has 6 nitrogen and oxygen atoms in total. The van der Waals surface area contributed by atoms with Gasteiger partial charge in [-0.1, -0.05) is 30.3 Å². The molecule has 3 aromatic rings. The second-order valence-corrected chi connectivity index (χ2v) is 7.43. The average molecular weight is 456 g/mol. The molecule has 2 aromatic carbocycles. The Labute approximate surface area is 190 Å². The summed E-state index contributed by atoms with van der Waals surface area (Å²) in [5, 5.41) is 5.18. The second-order valence-electron chi connectivity index (χ2n) is 7.05. The first-order valence-electron chi connectivity index (χ1n) is 9.95. The van der Waals surface area contributed by atoms with Crippen LogP contribution in [0.25, 0.3) is 11.1 Å². The van der Waals surface area contributed by atoms with Crippen LogP contribution in [0.4, 0.5) is 15.0 Å². The van der Waals surface area contributed by atoms with Gasteiger partial charge in [-0.2, -0.15) is 0 Å². The highest BCUT2D eigenvalue weighted by Gasteiger charge is 2.17. The summed E-state index contributed by atoms with van der Waals surface area (Å²) in [7, 11) is 1.48. The van der Waals surface area contributed by atoms with E-state index in [1.807, 2.05) is 0 Å². The number of anilines is 1. The number of hydrogen-bond acceptors (Lipinski definition) is 4. The van der Waals surface area contributed by atoms with Gasteiger partial charge in [0.25, 0.3) is 0 Å². The molecule has 166 valence electrons. The van der Waals surface area contributed by atoms with Gasteiger partial charge in [0.2, 0.25) is 0 Å². The molecule has 8 heteroatoms. The Balaban J connectivity index is 1.85. The molecule has 32 heavy (non-hydrogen) atoms. The molecule has 0 fully saturated rings. The number of hydrogen-bond donors (Lipinski definition) is 2. The number of carbonyl (C=O) groups excluding carboxylic acids is 2. The Kier molecular flexibility index (Phi) is 7.78. The Morgan fingerprint density at radius 3 is 2.62 bits per heavy atom. The lowest BCUT2D eigenvalue weighted by atomic mass is 9.96. The van der Waals surface area contributed by atoms with Crippen molar-refractivity contribution in [2.24, 2.45) is 0 Å². The standard InChI is InChI=1S/C24H23ClFN3O3/c1-15(30)17-4-3-5-18(13-17)22-20(32-2)8-7-19(23(22)26)12-16-6-9-21(28-14-16)29-24(31)27-11-10-25/h3-9,13-14H,10-12H2,1-2H3,(H2,27,28,29,31). The van der Waals surface area contributed by atoms with Gasteiger partial charge in [-0.15, -0.1) is 11.6 Å². The number of carbonyl (C=O) groups is 2. The van der Waals surface area contributed by atoms with Crippen LogP contribution in [0.5, 0.6) is 5.75 Å². The number of Topliss-reactive ketones (excluding diaryl/α,β-unsaturated/α-hetero) is 1. The van der Waals surface area contributed by atoms with Crippen LogP contribution in [0.1, 0.15) is 28.4 Å². The zero-order chi connectivity index (χ0) is 23.1. The third-order valence-corrected chi connectivity index (χ3v) is 4.99. The summed E-state index contributed by atoms with van der Waals surface area (Å²) in [6, 6.07) is 13.2. The minimum Gasteiger partial charge on any atom is -0.496 e. The molecule has 0 saturated heterocycles. The number of alkyl halides is 1. The van der Waals surface area contributed by atoms with Gasteiger partial charge in [0.1, 0.15) is 17.4 Å². The molecule has 0 bridgehead atoms. The Morgan fingerprint density at radius 1 is 1.16 bits per heavy atom. The van der Waals surface area contributed by atoms with Gasteiger partial charge in [-0.25, -0.2) is 14.2 Å². The molecule has 0 radical (unpaired) electrons. The highest BCUT2D eigenvalue weighted by molar-refractivity contribution is 6.18. The van der Waals surface area contributed by atoms with Crippen molar-refractivity contribution < 1.29 is 18.7 Å². The van der Waals surface area contributed by atoms with E-state index < -0.39 is 11.8 Å². The number of urea groups is 1. The van der Waals surface area contributed by atoms with E-state index in [2.05, 4.69) is 15.6 Å². The molecule has 0 saturated carbocycles. The molecular formula is C24H23ClFN3O3. The summed E-state index contributed by atoms with van der Waals surface area (Å²) in [5.74, 6) is 0.547. The number of aromatic nitrogens is 1. The molecule has 0 spiro atoms. The number of rotatable bonds is 8. The van der Waals surface area contributed by atoms with Crippen LogP contribution in [0.2, 0.25) is 0 Å². The first-order valence-corrected chi connectivity index (χ1v) is 10.5. The van der Waals surface area contributed by atoms with Crippen molar-refractivity contribution in [2.45, 2.75) is 13.3 Å². The summed E-state index contributed by atoms with van der Waals surface area (Å²) < 4.78 is 20.9. The van der Waals surface area contributed by atoms with Crippen LogP contribution >= 0.6 is 11.6 Å². The minimum atomic E-state index is -0.423. The number of halogens is 2. The minimum absolute atomic E-state index is 0.0986. The third-order valence-electron chi connectivity index (χ3n) is 4.80. The van der Waals surface area contributed by atoms with Gasteiger partial charge in [0.15, 0.2) is 5.78 Å². The lowest BCUT2D eigenvalue weighted by molar-refractivity contribution is 0.101. The molecule has 0 aliphatic carbocycles. The fourth-order valence-corrected chi connectivity index (χ4v) is 3.31. The van der Waals surface area contributed by atoms with Gasteiger partial charge < -0.3 is 10.1 Å². The number of nitrogens with zero attached hydrogens (tertiary/aromatic N) is 1. The van der Waals surface area contributed by atoms with Crippen molar-refractivity contribution in [1.29, 1.82) is 0 Å². The number of methoxy groups -OCH3 is 1. The number of ketones is 1. The summed E-state index contributed by atoms with van der Waals surface area (Å²) in [6.07, 6.45) is 1.87. The Morgan fingerprint density at radius 2 is 1.97 bits per heavy atom. The predicted molar refractivity (Wildman–Crippen MR) is 123 cm³/mol. The van der Waals surface area contributed by atoms with Crippen LogP contribution in [0.3, 0.4) is 0 Å². The van der Waals surface area contributed by atoms with E-state index in [9.17, 15) is 9.59 Å². The highest BCUT2D eigenvalue weighted by Crippen LogP contribution is 2.35. The van der Waals surface area contributed by atoms with E-state index in [1.165, 1.54) is 14.0 Å². The lowest BCUT2D eigenvalue weighted by Gasteiger charge is -2.14. The molecule has 3 rings (SSSR count). The number of amides is 2. The van der Waals surface area contributed by atoms with Crippen LogP contribution in [0.15, 0.2) is 54.7 Å². The SMILES string of the molecule is COc1ccc(Cc2ccc(NC(=O)NCCCl)nc2)c(F)c1-c1cccc(C(C)=O)c1. The summed E-state index contributed by atoms with van der Waals surface area (Å²) in [4.78, 5) is 27.7. The lowest BCUT2D eigenvalue weighted by Crippen LogP contribution is -2.30. The second kappa shape index (κ2) is 10.7. The van der Waals surface area contributed by atoms with E-state index in [1.54, 1.807) is 54.7 Å². The molecule has 0 atom stereocenters. The quantitative estimate of drug-likeness (QED) is 0.368. The van der Waals surface area contributed by atoms with Crippen LogP contribution in [-0.4, -0.2) is 36.3 Å². The van der Waals surface area contributed by atoms with Gasteiger partial charge in [-0.05, 0) is 41.8 Å². The molecule has 0 aliphatic heterocycles. The first kappa shape index (κ1) is 23.2. The maximum absolute atomic E-state index is 15.5. The van der Waals surface area contributed by atoms with Gasteiger partial charge in [0, 0.05) is 30.6 Å². The van der Waals surface area contributed by atoms with Crippen molar-refractivity contribution in [2.75, 3.05) is 24.9 Å². The van der Waals surface area contributed by atoms with Crippen molar-refractivity contribution in [3.8, 4) is 16.9 Å². The molecule has 1 heterocycles. The van der Waals surface area contributed by atoms with Crippen LogP contribution in [0, 0.1) is 5.82 Å². The molecule has 0 aliphatic rings. The topological polar surface area (TPSA) is 80.3 Å². The van der Waals surface area contributed by atoms with Gasteiger partial charge in [0.05, 0.1) is 12.7 Å².